The maximum atomic E-state index is 12.7. The number of carbonyl (C=O) groups is 2. The average Bonchev–Trinajstić information content (AvgIpc) is 3.28. The lowest BCUT2D eigenvalue weighted by molar-refractivity contribution is -0.127. The molecule has 4 aliphatic rings. The fraction of sp³-hybridized carbons (Fsp3) is 0.895. The summed E-state index contributed by atoms with van der Waals surface area (Å²) in [5.74, 6) is 3.76. The molecular weight excluding hydrogens is 304 g/mol. The van der Waals surface area contributed by atoms with E-state index in [1.54, 1.807) is 4.90 Å². The number of rotatable bonds is 3. The molecule has 0 spiro atoms. The highest BCUT2D eigenvalue weighted by Crippen LogP contribution is 2.58. The van der Waals surface area contributed by atoms with Gasteiger partial charge in [0.2, 0.25) is 5.91 Å². The van der Waals surface area contributed by atoms with E-state index in [-0.39, 0.29) is 17.9 Å². The summed E-state index contributed by atoms with van der Waals surface area (Å²) in [4.78, 5) is 26.2. The average molecular weight is 334 g/mol. The first-order chi connectivity index (χ1) is 11.7. The third-order valence-electron chi connectivity index (χ3n) is 7.15. The summed E-state index contributed by atoms with van der Waals surface area (Å²) in [5, 5.41) is 3.39. The van der Waals surface area contributed by atoms with E-state index in [4.69, 9.17) is 4.74 Å². The van der Waals surface area contributed by atoms with Gasteiger partial charge < -0.3 is 15.0 Å². The molecule has 2 bridgehead atoms. The SMILES string of the molecule is CCOC(=O)N1CCC(C(=O)N[C@@H]2C[C@H]3C[C@H]2[C@@H]2CCC[C@@H]32)CC1. The van der Waals surface area contributed by atoms with Gasteiger partial charge in [0.15, 0.2) is 0 Å². The van der Waals surface area contributed by atoms with Gasteiger partial charge in [-0.05, 0) is 69.1 Å². The molecule has 134 valence electrons. The minimum Gasteiger partial charge on any atom is -0.450 e. The van der Waals surface area contributed by atoms with Crippen molar-refractivity contribution in [1.29, 1.82) is 0 Å². The number of nitrogens with zero attached hydrogens (tertiary/aromatic N) is 1. The lowest BCUT2D eigenvalue weighted by Crippen LogP contribution is -2.48. The van der Waals surface area contributed by atoms with Crippen LogP contribution in [0, 0.1) is 29.6 Å². The van der Waals surface area contributed by atoms with E-state index in [1.807, 2.05) is 6.92 Å². The van der Waals surface area contributed by atoms with E-state index >= 15 is 0 Å². The topological polar surface area (TPSA) is 58.6 Å². The second-order valence-corrected chi connectivity index (χ2v) is 8.23. The van der Waals surface area contributed by atoms with Crippen LogP contribution in [-0.2, 0) is 9.53 Å². The summed E-state index contributed by atoms with van der Waals surface area (Å²) in [6.07, 6.45) is 8.05. The molecule has 0 aromatic heterocycles. The number of carbonyl (C=O) groups excluding carboxylic acids is 2. The van der Waals surface area contributed by atoms with Gasteiger partial charge in [0, 0.05) is 25.0 Å². The molecule has 0 radical (unpaired) electrons. The molecule has 1 aliphatic heterocycles. The zero-order chi connectivity index (χ0) is 16.7. The van der Waals surface area contributed by atoms with Crippen molar-refractivity contribution >= 4 is 12.0 Å². The Balaban J connectivity index is 1.27. The van der Waals surface area contributed by atoms with Crippen LogP contribution in [-0.4, -0.2) is 42.6 Å². The Bertz CT molecular complexity index is 501. The molecule has 0 aromatic rings. The summed E-state index contributed by atoms with van der Waals surface area (Å²) in [5.41, 5.74) is 0. The van der Waals surface area contributed by atoms with Crippen molar-refractivity contribution in [3.63, 3.8) is 0 Å². The summed E-state index contributed by atoms with van der Waals surface area (Å²) >= 11 is 0. The van der Waals surface area contributed by atoms with Gasteiger partial charge in [-0.15, -0.1) is 0 Å². The van der Waals surface area contributed by atoms with Gasteiger partial charge in [0.1, 0.15) is 0 Å². The van der Waals surface area contributed by atoms with E-state index in [2.05, 4.69) is 5.32 Å². The fourth-order valence-corrected chi connectivity index (χ4v) is 6.07. The van der Waals surface area contributed by atoms with E-state index < -0.39 is 0 Å². The van der Waals surface area contributed by atoms with Gasteiger partial charge >= 0.3 is 6.09 Å². The van der Waals surface area contributed by atoms with Crippen LogP contribution in [0.1, 0.15) is 51.9 Å². The second-order valence-electron chi connectivity index (χ2n) is 8.23. The van der Waals surface area contributed by atoms with Crippen LogP contribution >= 0.6 is 0 Å². The van der Waals surface area contributed by atoms with Crippen LogP contribution in [0.2, 0.25) is 0 Å². The Kier molecular flexibility index (Phi) is 4.44. The van der Waals surface area contributed by atoms with Crippen molar-refractivity contribution in [2.45, 2.75) is 57.9 Å². The Morgan fingerprint density at radius 1 is 1.04 bits per heavy atom. The van der Waals surface area contributed by atoms with Crippen molar-refractivity contribution in [3.05, 3.63) is 0 Å². The molecule has 1 heterocycles. The van der Waals surface area contributed by atoms with Gasteiger partial charge in [-0.1, -0.05) is 6.42 Å². The lowest BCUT2D eigenvalue weighted by atomic mass is 9.79. The molecule has 3 aliphatic carbocycles. The van der Waals surface area contributed by atoms with E-state index in [0.717, 1.165) is 36.5 Å². The van der Waals surface area contributed by atoms with Gasteiger partial charge in [-0.3, -0.25) is 4.79 Å². The van der Waals surface area contributed by atoms with E-state index in [0.29, 0.717) is 25.7 Å². The Hall–Kier alpha value is -1.26. The molecule has 2 amide bonds. The molecule has 3 saturated carbocycles. The molecule has 5 atom stereocenters. The van der Waals surface area contributed by atoms with Crippen LogP contribution < -0.4 is 5.32 Å². The summed E-state index contributed by atoms with van der Waals surface area (Å²) in [6, 6.07) is 0.421. The Morgan fingerprint density at radius 2 is 1.79 bits per heavy atom. The number of nitrogens with one attached hydrogen (secondary N) is 1. The molecule has 0 aromatic carbocycles. The molecule has 4 fully saturated rings. The monoisotopic (exact) mass is 334 g/mol. The highest BCUT2D eigenvalue weighted by molar-refractivity contribution is 5.79. The number of fused-ring (bicyclic) bond motifs is 5. The fourth-order valence-electron chi connectivity index (χ4n) is 6.07. The van der Waals surface area contributed by atoms with Gasteiger partial charge in [-0.2, -0.15) is 0 Å². The highest BCUT2D eigenvalue weighted by atomic mass is 16.6. The summed E-state index contributed by atoms with van der Waals surface area (Å²) in [7, 11) is 0. The Labute approximate surface area is 144 Å². The van der Waals surface area contributed by atoms with Crippen LogP contribution in [0.3, 0.4) is 0 Å². The minimum atomic E-state index is -0.239. The number of piperidine rings is 1. The largest absolute Gasteiger partial charge is 0.450 e. The van der Waals surface area contributed by atoms with E-state index in [1.165, 1.54) is 32.1 Å². The van der Waals surface area contributed by atoms with Crippen molar-refractivity contribution in [1.82, 2.24) is 10.2 Å². The van der Waals surface area contributed by atoms with Gasteiger partial charge in [0.05, 0.1) is 6.61 Å². The number of likely N-dealkylation sites (tertiary alicyclic amines) is 1. The first-order valence-corrected chi connectivity index (χ1v) is 9.89. The third-order valence-corrected chi connectivity index (χ3v) is 7.15. The standard InChI is InChI=1S/C19H30N2O3/c1-2-24-19(23)21-8-6-12(7-9-21)18(22)20-17-11-13-10-16(17)15-5-3-4-14(13)15/h12-17H,2-11H2,1H3,(H,20,22)/t13-,14+,15-,16+,17-/m1/s1. The number of hydrogen-bond acceptors (Lipinski definition) is 3. The van der Waals surface area contributed by atoms with Crippen molar-refractivity contribution in [2.24, 2.45) is 29.6 Å². The molecule has 24 heavy (non-hydrogen) atoms. The quantitative estimate of drug-likeness (QED) is 0.863. The van der Waals surface area contributed by atoms with Crippen LogP contribution in [0.4, 0.5) is 4.79 Å². The first-order valence-electron chi connectivity index (χ1n) is 9.89. The lowest BCUT2D eigenvalue weighted by Gasteiger charge is -2.35. The Morgan fingerprint density at radius 3 is 2.54 bits per heavy atom. The normalized spacial score (nSPS) is 38.2. The summed E-state index contributed by atoms with van der Waals surface area (Å²) in [6.45, 7) is 3.50. The predicted molar refractivity (Wildman–Crippen MR) is 90.3 cm³/mol. The maximum absolute atomic E-state index is 12.7. The number of hydrogen-bond donors (Lipinski definition) is 1. The zero-order valence-electron chi connectivity index (χ0n) is 14.7. The minimum absolute atomic E-state index is 0.0641. The van der Waals surface area contributed by atoms with Crippen molar-refractivity contribution < 1.29 is 14.3 Å². The molecule has 0 unspecified atom stereocenters. The van der Waals surface area contributed by atoms with Gasteiger partial charge in [-0.25, -0.2) is 4.79 Å². The maximum Gasteiger partial charge on any atom is 0.409 e. The number of amides is 2. The molecule has 1 N–H and O–H groups in total. The zero-order valence-corrected chi connectivity index (χ0v) is 14.7. The smallest absolute Gasteiger partial charge is 0.409 e. The molecule has 1 saturated heterocycles. The summed E-state index contributed by atoms with van der Waals surface area (Å²) < 4.78 is 5.04. The van der Waals surface area contributed by atoms with Crippen LogP contribution in [0.15, 0.2) is 0 Å². The number of ether oxygens (including phenoxy) is 1. The molecule has 5 heteroatoms. The van der Waals surface area contributed by atoms with Crippen LogP contribution in [0.5, 0.6) is 0 Å². The van der Waals surface area contributed by atoms with Gasteiger partial charge in [0.25, 0.3) is 0 Å². The third kappa shape index (κ3) is 2.80. The van der Waals surface area contributed by atoms with Crippen LogP contribution in [0.25, 0.3) is 0 Å². The van der Waals surface area contributed by atoms with Crippen molar-refractivity contribution in [2.75, 3.05) is 19.7 Å². The predicted octanol–water partition coefficient (Wildman–Crippen LogP) is 2.80. The van der Waals surface area contributed by atoms with E-state index in [9.17, 15) is 9.59 Å². The highest BCUT2D eigenvalue weighted by Gasteiger charge is 2.54. The first kappa shape index (κ1) is 16.2. The molecule has 4 rings (SSSR count). The second kappa shape index (κ2) is 6.57. The molecule has 5 nitrogen and oxygen atoms in total. The van der Waals surface area contributed by atoms with Crippen molar-refractivity contribution in [3.8, 4) is 0 Å². The molecular formula is C19H30N2O3.